The number of hydrogen-bond acceptors (Lipinski definition) is 6. The molecule has 0 unspecified atom stereocenters. The highest BCUT2D eigenvalue weighted by Gasteiger charge is 1.63. The van der Waals surface area contributed by atoms with Crippen LogP contribution in [-0.4, -0.2) is 31.0 Å². The van der Waals surface area contributed by atoms with Crippen LogP contribution >= 0.6 is 0 Å². The van der Waals surface area contributed by atoms with Crippen molar-refractivity contribution in [2.24, 2.45) is 0 Å². The monoisotopic (exact) mass is 138 g/mol. The number of nitrogens with zero attached hydrogens (tertiary/aromatic N) is 5. The van der Waals surface area contributed by atoms with Crippen molar-refractivity contribution in [2.45, 2.75) is 0 Å². The highest BCUT2D eigenvalue weighted by molar-refractivity contribution is 4.43. The fraction of sp³-hybridized carbons (Fsp3) is 0. The Morgan fingerprint density at radius 1 is 1.40 bits per heavy atom. The van der Waals surface area contributed by atoms with E-state index >= 15 is 0 Å². The van der Waals surface area contributed by atoms with Crippen LogP contribution in [0.4, 0.5) is 0 Å². The van der Waals surface area contributed by atoms with Crippen LogP contribution in [0.5, 0.6) is 0 Å². The molecule has 0 aromatic carbocycles. The van der Waals surface area contributed by atoms with Crippen molar-refractivity contribution in [2.75, 3.05) is 0 Å². The smallest absolute Gasteiger partial charge is 0.218 e. The Morgan fingerprint density at radius 3 is 2.60 bits per heavy atom. The Kier molecular flexibility index (Phi) is 2.61. The molecule has 0 fully saturated rings. The molecule has 2 aromatic heterocycles. The number of hydrogen-bond donors (Lipinski definition) is 1. The molecule has 0 saturated heterocycles. The lowest BCUT2D eigenvalue weighted by Crippen LogP contribution is -1.64. The first-order valence-electron chi connectivity index (χ1n) is 2.23. The summed E-state index contributed by atoms with van der Waals surface area (Å²) in [5, 5.41) is 18.0. The van der Waals surface area contributed by atoms with Crippen LogP contribution < -0.4 is 0 Å². The summed E-state index contributed by atoms with van der Waals surface area (Å²) in [4.78, 5) is 0. The van der Waals surface area contributed by atoms with Gasteiger partial charge in [-0.3, -0.25) is 0 Å². The fourth-order valence-electron chi connectivity index (χ4n) is 0.230. The fourth-order valence-corrected chi connectivity index (χ4v) is 0.230. The van der Waals surface area contributed by atoms with Gasteiger partial charge < -0.3 is 4.52 Å². The van der Waals surface area contributed by atoms with E-state index in [1.54, 1.807) is 0 Å². The molecule has 2 heterocycles. The summed E-state index contributed by atoms with van der Waals surface area (Å²) in [6.45, 7) is 0. The minimum atomic E-state index is 1.28. The Labute approximate surface area is 55.4 Å². The molecule has 0 bridgehead atoms. The average molecular weight is 138 g/mol. The second-order valence-electron chi connectivity index (χ2n) is 1.05. The highest BCUT2D eigenvalue weighted by Crippen LogP contribution is 1.62. The molecule has 0 saturated carbocycles. The van der Waals surface area contributed by atoms with Crippen molar-refractivity contribution in [3.05, 3.63) is 18.8 Å². The van der Waals surface area contributed by atoms with Crippen LogP contribution in [0.2, 0.25) is 0 Å². The molecule has 2 rings (SSSR count). The molecular weight excluding hydrogens is 136 g/mol. The summed E-state index contributed by atoms with van der Waals surface area (Å²) in [7, 11) is 0. The maximum Gasteiger partial charge on any atom is 0.218 e. The van der Waals surface area contributed by atoms with E-state index in [4.69, 9.17) is 0 Å². The van der Waals surface area contributed by atoms with E-state index in [-0.39, 0.29) is 0 Å². The molecule has 0 aliphatic carbocycles. The van der Waals surface area contributed by atoms with Crippen LogP contribution in [0.15, 0.2) is 10.8 Å². The standard InChI is InChI=1S/C2HN2O.CHN4/c1-2-5-4-3-1;1-2-4-5-3-1/h2H;(H,2,3,4,5). The maximum absolute atomic E-state index is 4.17. The molecule has 0 amide bonds. The molecule has 2 radical (unpaired) electrons. The lowest BCUT2D eigenvalue weighted by Gasteiger charge is -1.44. The summed E-state index contributed by atoms with van der Waals surface area (Å²) in [5.41, 5.74) is 0. The van der Waals surface area contributed by atoms with Gasteiger partial charge >= 0.3 is 0 Å². The SMILES string of the molecule is [c]1conn1.[c]1nnn[nH]1. The molecule has 1 N–H and O–H groups in total. The Hall–Kier alpha value is -1.79. The summed E-state index contributed by atoms with van der Waals surface area (Å²) < 4.78 is 4.17. The first-order valence-corrected chi connectivity index (χ1v) is 2.23. The Balaban J connectivity index is 0.0000001000. The van der Waals surface area contributed by atoms with Gasteiger partial charge in [-0.2, -0.15) is 0 Å². The second-order valence-corrected chi connectivity index (χ2v) is 1.05. The van der Waals surface area contributed by atoms with Crippen LogP contribution in [0.1, 0.15) is 0 Å². The zero-order valence-corrected chi connectivity index (χ0v) is 4.72. The summed E-state index contributed by atoms with van der Waals surface area (Å²) in [6, 6.07) is 0. The van der Waals surface area contributed by atoms with Gasteiger partial charge in [0.2, 0.25) is 6.33 Å². The summed E-state index contributed by atoms with van der Waals surface area (Å²) in [5.74, 6) is 0. The van der Waals surface area contributed by atoms with Gasteiger partial charge in [0.25, 0.3) is 0 Å². The normalized spacial score (nSPS) is 8.00. The van der Waals surface area contributed by atoms with Gasteiger partial charge in [-0.1, -0.05) is 0 Å². The van der Waals surface area contributed by atoms with Crippen molar-refractivity contribution < 1.29 is 4.52 Å². The lowest BCUT2D eigenvalue weighted by atomic mass is 11.0. The number of aromatic amines is 1. The molecule has 0 atom stereocenters. The second kappa shape index (κ2) is 4.13. The minimum absolute atomic E-state index is 1.28. The van der Waals surface area contributed by atoms with Crippen LogP contribution in [0.3, 0.4) is 0 Å². The van der Waals surface area contributed by atoms with E-state index in [9.17, 15) is 0 Å². The number of H-pyrrole nitrogens is 1. The quantitative estimate of drug-likeness (QED) is 0.495. The third kappa shape index (κ3) is 2.50. The van der Waals surface area contributed by atoms with Gasteiger partial charge in [0.05, 0.1) is 0 Å². The van der Waals surface area contributed by atoms with Gasteiger partial charge in [0.15, 0.2) is 12.5 Å². The van der Waals surface area contributed by atoms with E-state index in [1.165, 1.54) is 6.26 Å². The van der Waals surface area contributed by atoms with Gasteiger partial charge in [0, 0.05) is 5.27 Å². The predicted molar refractivity (Wildman–Crippen MR) is 26.1 cm³/mol. The van der Waals surface area contributed by atoms with E-state index in [0.29, 0.717) is 0 Å². The first-order chi connectivity index (χ1) is 5.00. The van der Waals surface area contributed by atoms with E-state index in [2.05, 4.69) is 48.0 Å². The number of aromatic nitrogens is 6. The molecule has 7 heteroatoms. The molecule has 50 valence electrons. The zero-order chi connectivity index (χ0) is 7.07. The van der Waals surface area contributed by atoms with Crippen molar-refractivity contribution >= 4 is 0 Å². The number of tetrazole rings is 1. The third-order valence-corrected chi connectivity index (χ3v) is 0.491. The van der Waals surface area contributed by atoms with E-state index < -0.39 is 0 Å². The Bertz CT molecular complexity index is 152. The molecule has 0 spiro atoms. The zero-order valence-electron chi connectivity index (χ0n) is 4.72. The first kappa shape index (κ1) is 6.33. The van der Waals surface area contributed by atoms with Crippen molar-refractivity contribution in [1.29, 1.82) is 0 Å². The molecule has 7 nitrogen and oxygen atoms in total. The van der Waals surface area contributed by atoms with E-state index in [1.807, 2.05) is 0 Å². The van der Waals surface area contributed by atoms with Crippen LogP contribution in [0, 0.1) is 12.5 Å². The predicted octanol–water partition coefficient (Wildman–Crippen LogP) is -1.13. The topological polar surface area (TPSA) is 93.4 Å². The van der Waals surface area contributed by atoms with Gasteiger partial charge in [-0.25, -0.2) is 5.10 Å². The molecule has 0 aliphatic heterocycles. The summed E-state index contributed by atoms with van der Waals surface area (Å²) >= 11 is 0. The van der Waals surface area contributed by atoms with E-state index in [0.717, 1.165) is 0 Å². The van der Waals surface area contributed by atoms with Gasteiger partial charge in [-0.15, -0.1) is 10.2 Å². The molecule has 0 aliphatic rings. The lowest BCUT2D eigenvalue weighted by molar-refractivity contribution is 0.393. The molecular formula is C3H2N6O. The number of nitrogens with one attached hydrogen (secondary N) is 1. The average Bonchev–Trinajstić information content (AvgIpc) is 2.67. The van der Waals surface area contributed by atoms with Gasteiger partial charge in [-0.05, 0) is 10.4 Å². The molecule has 10 heavy (non-hydrogen) atoms. The third-order valence-electron chi connectivity index (χ3n) is 0.491. The van der Waals surface area contributed by atoms with Gasteiger partial charge in [0.1, 0.15) is 0 Å². The van der Waals surface area contributed by atoms with Crippen LogP contribution in [0.25, 0.3) is 0 Å². The van der Waals surface area contributed by atoms with Crippen molar-refractivity contribution in [3.8, 4) is 0 Å². The largest absolute Gasteiger partial charge is 0.345 e. The molecule has 2 aromatic rings. The summed E-state index contributed by atoms with van der Waals surface area (Å²) in [6.07, 6.45) is 5.88. The van der Waals surface area contributed by atoms with Crippen molar-refractivity contribution in [3.63, 3.8) is 0 Å². The van der Waals surface area contributed by atoms with Crippen molar-refractivity contribution in [1.82, 2.24) is 31.0 Å². The maximum atomic E-state index is 4.17. The minimum Gasteiger partial charge on any atom is -0.345 e. The Morgan fingerprint density at radius 2 is 2.40 bits per heavy atom. The number of rotatable bonds is 0. The van der Waals surface area contributed by atoms with Crippen LogP contribution in [-0.2, 0) is 0 Å². The highest BCUT2D eigenvalue weighted by atomic mass is 16.5.